The number of ether oxygens (including phenoxy) is 1. The molecule has 2 bridgehead atoms. The van der Waals surface area contributed by atoms with E-state index < -0.39 is 28.6 Å². The molecule has 2 unspecified atom stereocenters. The number of nitrogens with zero attached hydrogens (tertiary/aromatic N) is 2. The molecule has 3 aliphatic rings. The predicted molar refractivity (Wildman–Crippen MR) is 145 cm³/mol. The molecule has 1 spiro atoms. The van der Waals surface area contributed by atoms with Gasteiger partial charge in [-0.2, -0.15) is 0 Å². The highest BCUT2D eigenvalue weighted by Crippen LogP contribution is 2.66. The van der Waals surface area contributed by atoms with Gasteiger partial charge in [0, 0.05) is 30.6 Å². The largest absolute Gasteiger partial charge is 0.461 e. The zero-order valence-electron chi connectivity index (χ0n) is 20.8. The molecule has 3 heterocycles. The summed E-state index contributed by atoms with van der Waals surface area (Å²) in [5.41, 5.74) is 0.734. The van der Waals surface area contributed by atoms with Gasteiger partial charge in [0.05, 0.1) is 16.6 Å². The lowest BCUT2D eigenvalue weighted by molar-refractivity contribution is -0.153. The summed E-state index contributed by atoms with van der Waals surface area (Å²) in [5, 5.41) is 11.6. The van der Waals surface area contributed by atoms with Crippen molar-refractivity contribution in [2.75, 3.05) is 31.2 Å². The number of hydrogen-bond acceptors (Lipinski definition) is 6. The third kappa shape index (κ3) is 4.16. The highest BCUT2D eigenvalue weighted by molar-refractivity contribution is 8.02. The standard InChI is InChI=1S/C29H32N2O5S/c1-3-14-30(21-11-10-19-8-5-6-9-20(19)18-21)27(34)25-29-13-12-22(37-29)23(28(35)36-17-4-2)24(29)26(33)31(25)15-7-16-32/h3-6,8-11,18,22-25,32H,1-2,7,12-17H2/t22-,23+,24-,25?,29?/m0/s1. The molecule has 3 aliphatic heterocycles. The van der Waals surface area contributed by atoms with Gasteiger partial charge in [0.25, 0.3) is 5.91 Å². The van der Waals surface area contributed by atoms with Gasteiger partial charge in [-0.15, -0.1) is 18.3 Å². The maximum absolute atomic E-state index is 14.4. The Balaban J connectivity index is 1.54. The van der Waals surface area contributed by atoms with Gasteiger partial charge in [0.15, 0.2) is 0 Å². The van der Waals surface area contributed by atoms with Crippen molar-refractivity contribution < 1.29 is 24.2 Å². The lowest BCUT2D eigenvalue weighted by Crippen LogP contribution is -2.55. The molecule has 3 fully saturated rings. The Labute approximate surface area is 221 Å². The Hall–Kier alpha value is -3.10. The Bertz CT molecular complexity index is 1250. The first kappa shape index (κ1) is 25.5. The first-order valence-electron chi connectivity index (χ1n) is 12.7. The zero-order valence-corrected chi connectivity index (χ0v) is 21.6. The number of esters is 1. The summed E-state index contributed by atoms with van der Waals surface area (Å²) < 4.78 is 4.69. The average molecular weight is 521 g/mol. The van der Waals surface area contributed by atoms with Crippen molar-refractivity contribution in [3.8, 4) is 0 Å². The minimum Gasteiger partial charge on any atom is -0.461 e. The van der Waals surface area contributed by atoms with E-state index in [1.54, 1.807) is 27.6 Å². The number of benzene rings is 2. The molecule has 1 N–H and O–H groups in total. The fraction of sp³-hybridized carbons (Fsp3) is 0.414. The summed E-state index contributed by atoms with van der Waals surface area (Å²) >= 11 is 1.61. The van der Waals surface area contributed by atoms with E-state index in [4.69, 9.17) is 4.74 Å². The number of aliphatic hydroxyl groups excluding tert-OH is 1. The molecule has 0 aromatic heterocycles. The van der Waals surface area contributed by atoms with Crippen LogP contribution in [0.2, 0.25) is 0 Å². The van der Waals surface area contributed by atoms with E-state index in [0.29, 0.717) is 12.8 Å². The van der Waals surface area contributed by atoms with Crippen molar-refractivity contribution >= 4 is 46.0 Å². The molecule has 37 heavy (non-hydrogen) atoms. The third-order valence-corrected chi connectivity index (χ3v) is 9.78. The topological polar surface area (TPSA) is 87.2 Å². The molecule has 5 atom stereocenters. The van der Waals surface area contributed by atoms with Crippen molar-refractivity contribution in [1.82, 2.24) is 4.90 Å². The Kier molecular flexibility index (Phi) is 7.14. The molecule has 8 heteroatoms. The summed E-state index contributed by atoms with van der Waals surface area (Å²) in [4.78, 5) is 44.7. The van der Waals surface area contributed by atoms with Gasteiger partial charge in [-0.3, -0.25) is 14.4 Å². The van der Waals surface area contributed by atoms with Gasteiger partial charge in [-0.25, -0.2) is 0 Å². The number of rotatable bonds is 10. The maximum Gasteiger partial charge on any atom is 0.311 e. The second-order valence-corrected chi connectivity index (χ2v) is 11.5. The van der Waals surface area contributed by atoms with Gasteiger partial charge in [-0.05, 0) is 42.2 Å². The number of likely N-dealkylation sites (tertiary alicyclic amines) is 1. The van der Waals surface area contributed by atoms with E-state index in [-0.39, 0.29) is 43.4 Å². The minimum absolute atomic E-state index is 0.0601. The SMILES string of the molecule is C=CCOC(=O)[C@@H]1[C@@H]2CCC3(S2)C(C(=O)N(CC=C)c2ccc4ccccc4c2)N(CCCO)C(=O)[C@H]13. The molecule has 7 nitrogen and oxygen atoms in total. The normalized spacial score (nSPS) is 27.8. The van der Waals surface area contributed by atoms with Gasteiger partial charge in [-0.1, -0.05) is 49.1 Å². The fourth-order valence-corrected chi connectivity index (χ4v) is 8.56. The van der Waals surface area contributed by atoms with Crippen LogP contribution in [-0.4, -0.2) is 70.1 Å². The third-order valence-electron chi connectivity index (χ3n) is 7.83. The number of fused-ring (bicyclic) bond motifs is 2. The van der Waals surface area contributed by atoms with Crippen molar-refractivity contribution in [2.45, 2.75) is 35.3 Å². The molecule has 194 valence electrons. The second kappa shape index (κ2) is 10.3. The molecule has 3 saturated heterocycles. The van der Waals surface area contributed by atoms with E-state index in [9.17, 15) is 19.5 Å². The first-order chi connectivity index (χ1) is 18.0. The number of anilines is 1. The number of thioether (sulfide) groups is 1. The molecule has 0 saturated carbocycles. The highest BCUT2D eigenvalue weighted by Gasteiger charge is 2.74. The van der Waals surface area contributed by atoms with E-state index >= 15 is 0 Å². The molecule has 0 radical (unpaired) electrons. The summed E-state index contributed by atoms with van der Waals surface area (Å²) in [6.45, 7) is 8.02. The Morgan fingerprint density at radius 3 is 2.70 bits per heavy atom. The molecule has 2 aromatic carbocycles. The van der Waals surface area contributed by atoms with Crippen LogP contribution < -0.4 is 4.90 Å². The summed E-state index contributed by atoms with van der Waals surface area (Å²) in [6.07, 6.45) is 4.98. The Morgan fingerprint density at radius 2 is 1.97 bits per heavy atom. The van der Waals surface area contributed by atoms with Crippen molar-refractivity contribution in [1.29, 1.82) is 0 Å². The smallest absolute Gasteiger partial charge is 0.311 e. The second-order valence-electron chi connectivity index (χ2n) is 9.85. The lowest BCUT2D eigenvalue weighted by Gasteiger charge is -2.37. The van der Waals surface area contributed by atoms with Crippen LogP contribution in [0.3, 0.4) is 0 Å². The number of carbonyl (C=O) groups is 3. The summed E-state index contributed by atoms with van der Waals surface area (Å²) in [5.74, 6) is -1.99. The average Bonchev–Trinajstić information content (AvgIpc) is 3.56. The molecule has 2 aromatic rings. The number of aliphatic hydroxyl groups is 1. The Morgan fingerprint density at radius 1 is 1.19 bits per heavy atom. The molecule has 2 amide bonds. The summed E-state index contributed by atoms with van der Waals surface area (Å²) in [6, 6.07) is 13.1. The van der Waals surface area contributed by atoms with Crippen LogP contribution in [0.1, 0.15) is 19.3 Å². The number of amides is 2. The maximum atomic E-state index is 14.4. The molecular weight excluding hydrogens is 488 g/mol. The first-order valence-corrected chi connectivity index (χ1v) is 13.6. The zero-order chi connectivity index (χ0) is 26.2. The van der Waals surface area contributed by atoms with Crippen molar-refractivity contribution in [3.63, 3.8) is 0 Å². The predicted octanol–water partition coefficient (Wildman–Crippen LogP) is 3.56. The van der Waals surface area contributed by atoms with Crippen LogP contribution in [0, 0.1) is 11.8 Å². The fourth-order valence-electron chi connectivity index (χ4n) is 6.36. The quantitative estimate of drug-likeness (QED) is 0.381. The van der Waals surface area contributed by atoms with Crippen LogP contribution in [0.4, 0.5) is 5.69 Å². The monoisotopic (exact) mass is 520 g/mol. The van der Waals surface area contributed by atoms with Gasteiger partial charge in [0.1, 0.15) is 12.6 Å². The number of carbonyl (C=O) groups excluding carboxylic acids is 3. The minimum atomic E-state index is -0.741. The van der Waals surface area contributed by atoms with Gasteiger partial charge >= 0.3 is 5.97 Å². The van der Waals surface area contributed by atoms with E-state index in [2.05, 4.69) is 13.2 Å². The van der Waals surface area contributed by atoms with Crippen molar-refractivity contribution in [2.24, 2.45) is 11.8 Å². The van der Waals surface area contributed by atoms with E-state index in [1.165, 1.54) is 6.08 Å². The lowest BCUT2D eigenvalue weighted by atomic mass is 9.71. The molecule has 0 aliphatic carbocycles. The summed E-state index contributed by atoms with van der Waals surface area (Å²) in [7, 11) is 0. The van der Waals surface area contributed by atoms with E-state index in [1.807, 2.05) is 42.5 Å². The van der Waals surface area contributed by atoms with Crippen LogP contribution in [0.15, 0.2) is 67.8 Å². The van der Waals surface area contributed by atoms with Crippen LogP contribution >= 0.6 is 11.8 Å². The van der Waals surface area contributed by atoms with Crippen LogP contribution in [0.5, 0.6) is 0 Å². The highest BCUT2D eigenvalue weighted by atomic mass is 32.2. The van der Waals surface area contributed by atoms with Gasteiger partial charge < -0.3 is 19.6 Å². The van der Waals surface area contributed by atoms with Crippen LogP contribution in [0.25, 0.3) is 10.8 Å². The molecule has 5 rings (SSSR count). The van der Waals surface area contributed by atoms with Crippen molar-refractivity contribution in [3.05, 3.63) is 67.8 Å². The molecular formula is C29H32N2O5S. The number of hydrogen-bond donors (Lipinski definition) is 1. The van der Waals surface area contributed by atoms with Gasteiger partial charge in [0.2, 0.25) is 5.91 Å². The van der Waals surface area contributed by atoms with Crippen LogP contribution in [-0.2, 0) is 19.1 Å². The van der Waals surface area contributed by atoms with E-state index in [0.717, 1.165) is 22.9 Å².